The van der Waals surface area contributed by atoms with E-state index in [1.807, 2.05) is 28.8 Å². The molecule has 3 aromatic heterocycles. The highest BCUT2D eigenvalue weighted by molar-refractivity contribution is 7.98. The van der Waals surface area contributed by atoms with Gasteiger partial charge in [0.1, 0.15) is 29.4 Å². The lowest BCUT2D eigenvalue weighted by Crippen LogP contribution is -2.09. The van der Waals surface area contributed by atoms with Crippen molar-refractivity contribution in [3.05, 3.63) is 99.5 Å². The normalized spacial score (nSPS) is 11.1. The molecule has 0 radical (unpaired) electrons. The van der Waals surface area contributed by atoms with Crippen LogP contribution >= 0.6 is 23.4 Å². The van der Waals surface area contributed by atoms with E-state index in [2.05, 4.69) is 10.2 Å². The Bertz CT molecular complexity index is 1500. The third-order valence-corrected chi connectivity index (χ3v) is 6.53. The van der Waals surface area contributed by atoms with E-state index in [1.54, 1.807) is 43.7 Å². The van der Waals surface area contributed by atoms with Gasteiger partial charge in [0.15, 0.2) is 11.0 Å². The van der Waals surface area contributed by atoms with Gasteiger partial charge in [-0.05, 0) is 54.1 Å². The molecule has 0 atom stereocenters. The first-order valence-electron chi connectivity index (χ1n) is 10.7. The molecule has 0 unspecified atom stereocenters. The fourth-order valence-corrected chi connectivity index (χ4v) is 4.60. The molecular weight excluding hydrogens is 490 g/mol. The first-order valence-corrected chi connectivity index (χ1v) is 12.0. The van der Waals surface area contributed by atoms with E-state index in [4.69, 9.17) is 29.9 Å². The van der Waals surface area contributed by atoms with Crippen LogP contribution in [0.4, 0.5) is 0 Å². The number of furan rings is 1. The number of thioether (sulfide) groups is 1. The molecule has 0 spiro atoms. The molecular formula is C25H20ClN3O5S. The van der Waals surface area contributed by atoms with Crippen molar-refractivity contribution >= 4 is 34.3 Å². The summed E-state index contributed by atoms with van der Waals surface area (Å²) in [4.78, 5) is 12.2. The summed E-state index contributed by atoms with van der Waals surface area (Å²) in [6.07, 6.45) is 1.63. The molecule has 3 heterocycles. The van der Waals surface area contributed by atoms with Gasteiger partial charge in [0.25, 0.3) is 0 Å². The number of methoxy groups -OCH3 is 1. The van der Waals surface area contributed by atoms with Crippen LogP contribution in [0.15, 0.2) is 85.7 Å². The van der Waals surface area contributed by atoms with Gasteiger partial charge in [-0.15, -0.1) is 10.2 Å². The van der Waals surface area contributed by atoms with Crippen LogP contribution in [0.5, 0.6) is 11.5 Å². The molecule has 8 nitrogen and oxygen atoms in total. The number of rotatable bonds is 9. The predicted octanol–water partition coefficient (Wildman–Crippen LogP) is 5.56. The topological polar surface area (TPSA) is 92.5 Å². The molecule has 0 N–H and O–H groups in total. The zero-order valence-electron chi connectivity index (χ0n) is 18.6. The number of nitrogens with zero attached hydrogens (tertiary/aromatic N) is 3. The van der Waals surface area contributed by atoms with E-state index < -0.39 is 5.63 Å². The Morgan fingerprint density at radius 3 is 2.66 bits per heavy atom. The Morgan fingerprint density at radius 1 is 1.06 bits per heavy atom. The quantitative estimate of drug-likeness (QED) is 0.188. The summed E-state index contributed by atoms with van der Waals surface area (Å²) in [5.41, 5.74) is 0.882. The molecule has 5 aromatic rings. The first kappa shape index (κ1) is 23.1. The summed E-state index contributed by atoms with van der Waals surface area (Å²) >= 11 is 7.42. The maximum absolute atomic E-state index is 12.2. The number of hydrogen-bond acceptors (Lipinski definition) is 8. The lowest BCUT2D eigenvalue weighted by Gasteiger charge is -2.11. The number of ether oxygens (including phenoxy) is 2. The van der Waals surface area contributed by atoms with E-state index in [0.29, 0.717) is 45.4 Å². The monoisotopic (exact) mass is 509 g/mol. The third-order valence-electron chi connectivity index (χ3n) is 5.26. The summed E-state index contributed by atoms with van der Waals surface area (Å²) in [5.74, 6) is 3.18. The lowest BCUT2D eigenvalue weighted by atomic mass is 10.1. The SMILES string of the molecule is COc1ccc2c(CSc3nnc(COc4ccc(Cl)cc4)n3Cc3ccco3)cc(=O)oc2c1. The zero-order valence-corrected chi connectivity index (χ0v) is 20.2. The minimum atomic E-state index is -0.421. The molecule has 0 bridgehead atoms. The van der Waals surface area contributed by atoms with Crippen molar-refractivity contribution in [2.45, 2.75) is 24.1 Å². The number of benzene rings is 2. The molecule has 0 saturated carbocycles. The first-order chi connectivity index (χ1) is 17.1. The molecule has 10 heteroatoms. The van der Waals surface area contributed by atoms with Crippen LogP contribution < -0.4 is 15.1 Å². The Hall–Kier alpha value is -3.69. The minimum absolute atomic E-state index is 0.216. The highest BCUT2D eigenvalue weighted by atomic mass is 35.5. The Kier molecular flexibility index (Phi) is 6.78. The molecule has 2 aromatic carbocycles. The lowest BCUT2D eigenvalue weighted by molar-refractivity contribution is 0.287. The van der Waals surface area contributed by atoms with Crippen molar-refractivity contribution in [2.24, 2.45) is 0 Å². The van der Waals surface area contributed by atoms with Crippen molar-refractivity contribution < 1.29 is 18.3 Å². The summed E-state index contributed by atoms with van der Waals surface area (Å²) < 4.78 is 24.0. The van der Waals surface area contributed by atoms with Crippen molar-refractivity contribution in [1.82, 2.24) is 14.8 Å². The van der Waals surface area contributed by atoms with Crippen LogP contribution in [0.25, 0.3) is 11.0 Å². The van der Waals surface area contributed by atoms with E-state index in [9.17, 15) is 4.79 Å². The summed E-state index contributed by atoms with van der Waals surface area (Å²) in [7, 11) is 1.57. The van der Waals surface area contributed by atoms with Crippen molar-refractivity contribution in [1.29, 1.82) is 0 Å². The standard InChI is InChI=1S/C25H20ClN3O5S/c1-31-19-8-9-21-16(11-24(30)34-22(21)12-19)15-35-25-28-27-23(29(25)13-20-3-2-10-32-20)14-33-18-6-4-17(26)5-7-18/h2-12H,13-15H2,1H3. The minimum Gasteiger partial charge on any atom is -0.497 e. The van der Waals surface area contributed by atoms with Gasteiger partial charge >= 0.3 is 5.63 Å². The van der Waals surface area contributed by atoms with Gasteiger partial charge in [0, 0.05) is 28.3 Å². The third kappa shape index (κ3) is 5.36. The Morgan fingerprint density at radius 2 is 1.89 bits per heavy atom. The molecule has 0 saturated heterocycles. The fraction of sp³-hybridized carbons (Fsp3) is 0.160. The molecule has 0 fully saturated rings. The molecule has 35 heavy (non-hydrogen) atoms. The van der Waals surface area contributed by atoms with Crippen molar-refractivity contribution in [2.75, 3.05) is 7.11 Å². The van der Waals surface area contributed by atoms with Crippen LogP contribution in [0.2, 0.25) is 5.02 Å². The van der Waals surface area contributed by atoms with Crippen molar-refractivity contribution in [3.8, 4) is 11.5 Å². The van der Waals surface area contributed by atoms with Gasteiger partial charge < -0.3 is 18.3 Å². The average Bonchev–Trinajstić information content (AvgIpc) is 3.52. The predicted molar refractivity (Wildman–Crippen MR) is 132 cm³/mol. The van der Waals surface area contributed by atoms with Crippen LogP contribution in [0.3, 0.4) is 0 Å². The number of fused-ring (bicyclic) bond motifs is 1. The second kappa shape index (κ2) is 10.3. The second-order valence-electron chi connectivity index (χ2n) is 7.55. The van der Waals surface area contributed by atoms with Gasteiger partial charge in [-0.2, -0.15) is 0 Å². The van der Waals surface area contributed by atoms with Gasteiger partial charge in [-0.3, -0.25) is 4.57 Å². The maximum Gasteiger partial charge on any atom is 0.336 e. The molecule has 0 aliphatic rings. The summed E-state index contributed by atoms with van der Waals surface area (Å²) in [6.45, 7) is 0.657. The van der Waals surface area contributed by atoms with Crippen LogP contribution in [0, 0.1) is 0 Å². The highest BCUT2D eigenvalue weighted by Crippen LogP contribution is 2.29. The van der Waals surface area contributed by atoms with E-state index in [1.165, 1.54) is 17.8 Å². The smallest absolute Gasteiger partial charge is 0.336 e. The van der Waals surface area contributed by atoms with E-state index in [0.717, 1.165) is 16.7 Å². The van der Waals surface area contributed by atoms with Gasteiger partial charge in [0.05, 0.1) is 19.9 Å². The zero-order chi connectivity index (χ0) is 24.2. The average molecular weight is 510 g/mol. The van der Waals surface area contributed by atoms with Gasteiger partial charge in [-0.25, -0.2) is 4.79 Å². The van der Waals surface area contributed by atoms with Crippen molar-refractivity contribution in [3.63, 3.8) is 0 Å². The summed E-state index contributed by atoms with van der Waals surface area (Å²) in [5, 5.41) is 10.9. The number of hydrogen-bond donors (Lipinski definition) is 0. The van der Waals surface area contributed by atoms with Crippen LogP contribution in [0.1, 0.15) is 17.1 Å². The molecule has 0 aliphatic heterocycles. The molecule has 178 valence electrons. The largest absolute Gasteiger partial charge is 0.497 e. The van der Waals surface area contributed by atoms with Gasteiger partial charge in [0.2, 0.25) is 0 Å². The highest BCUT2D eigenvalue weighted by Gasteiger charge is 2.16. The summed E-state index contributed by atoms with van der Waals surface area (Å²) in [6, 6.07) is 17.8. The Balaban J connectivity index is 1.40. The molecule has 5 rings (SSSR count). The number of halogens is 1. The second-order valence-corrected chi connectivity index (χ2v) is 8.93. The number of aromatic nitrogens is 3. The molecule has 0 amide bonds. The Labute approximate surface area is 209 Å². The van der Waals surface area contributed by atoms with Crippen LogP contribution in [-0.2, 0) is 18.9 Å². The van der Waals surface area contributed by atoms with E-state index >= 15 is 0 Å². The van der Waals surface area contributed by atoms with Crippen LogP contribution in [-0.4, -0.2) is 21.9 Å². The molecule has 0 aliphatic carbocycles. The van der Waals surface area contributed by atoms with Gasteiger partial charge in [-0.1, -0.05) is 23.4 Å². The van der Waals surface area contributed by atoms with E-state index in [-0.39, 0.29) is 6.61 Å². The maximum atomic E-state index is 12.2. The fourth-order valence-electron chi connectivity index (χ4n) is 3.53.